The van der Waals surface area contributed by atoms with Gasteiger partial charge in [-0.15, -0.1) is 10.2 Å². The lowest BCUT2D eigenvalue weighted by Gasteiger charge is -2.25. The molecule has 30 heavy (non-hydrogen) atoms. The maximum atomic E-state index is 12.5. The van der Waals surface area contributed by atoms with Crippen molar-refractivity contribution >= 4 is 49.5 Å². The Labute approximate surface area is 186 Å². The molecule has 1 N–H and O–H groups in total. The zero-order valence-electron chi connectivity index (χ0n) is 16.0. The Bertz CT molecular complexity index is 1110. The lowest BCUT2D eigenvalue weighted by atomic mass is 10.1. The van der Waals surface area contributed by atoms with Gasteiger partial charge in [-0.3, -0.25) is 10.1 Å². The molecule has 0 spiro atoms. The van der Waals surface area contributed by atoms with Crippen LogP contribution in [0.4, 0.5) is 10.3 Å². The number of carbonyl (C=O) groups excluding carboxylic acids is 1. The van der Waals surface area contributed by atoms with Crippen LogP contribution in [0.2, 0.25) is 0 Å². The summed E-state index contributed by atoms with van der Waals surface area (Å²) in [5.74, 6) is 0.535. The monoisotopic (exact) mass is 483 g/mol. The molecule has 152 valence electrons. The summed E-state index contributed by atoms with van der Waals surface area (Å²) in [7, 11) is 0. The highest BCUT2D eigenvalue weighted by Crippen LogP contribution is 2.28. The number of hydrogen-bond acceptors (Lipinski definition) is 7. The van der Waals surface area contributed by atoms with E-state index in [-0.39, 0.29) is 5.57 Å². The summed E-state index contributed by atoms with van der Waals surface area (Å²) in [4.78, 5) is 14.7. The van der Waals surface area contributed by atoms with Crippen molar-refractivity contribution in [2.24, 2.45) is 0 Å². The quantitative estimate of drug-likeness (QED) is 0.400. The summed E-state index contributed by atoms with van der Waals surface area (Å²) in [5, 5.41) is 21.5. The van der Waals surface area contributed by atoms with Crippen LogP contribution in [0.5, 0.6) is 0 Å². The molecule has 9 heteroatoms. The molecular formula is C21H18BrN5O2S. The highest BCUT2D eigenvalue weighted by atomic mass is 79.9. The van der Waals surface area contributed by atoms with Crippen molar-refractivity contribution in [2.75, 3.05) is 23.3 Å². The number of rotatable bonds is 5. The van der Waals surface area contributed by atoms with Crippen molar-refractivity contribution in [1.29, 1.82) is 5.26 Å². The molecule has 3 heterocycles. The second-order valence-electron chi connectivity index (χ2n) is 6.77. The van der Waals surface area contributed by atoms with Gasteiger partial charge in [0, 0.05) is 29.2 Å². The van der Waals surface area contributed by atoms with Gasteiger partial charge in [0.15, 0.2) is 0 Å². The van der Waals surface area contributed by atoms with Gasteiger partial charge >= 0.3 is 0 Å². The van der Waals surface area contributed by atoms with E-state index < -0.39 is 5.91 Å². The minimum absolute atomic E-state index is 0.0681. The first-order valence-electron chi connectivity index (χ1n) is 9.50. The van der Waals surface area contributed by atoms with E-state index in [2.05, 4.69) is 36.3 Å². The van der Waals surface area contributed by atoms with Crippen molar-refractivity contribution in [1.82, 2.24) is 10.2 Å². The van der Waals surface area contributed by atoms with Gasteiger partial charge in [0.2, 0.25) is 10.3 Å². The lowest BCUT2D eigenvalue weighted by Crippen LogP contribution is -2.29. The number of halogens is 1. The lowest BCUT2D eigenvalue weighted by molar-refractivity contribution is -0.112. The summed E-state index contributed by atoms with van der Waals surface area (Å²) in [5.41, 5.74) is 0.835. The predicted octanol–water partition coefficient (Wildman–Crippen LogP) is 5.10. The molecule has 0 aliphatic carbocycles. The number of carbonyl (C=O) groups is 1. The number of amides is 1. The SMILES string of the molecule is N#C/C(=C/c1ccc(-c2ccc(Br)cc2)o1)C(=O)Nc1nnc(N2CCCCC2)s1. The largest absolute Gasteiger partial charge is 0.457 e. The second kappa shape index (κ2) is 9.24. The Morgan fingerprint density at radius 3 is 2.67 bits per heavy atom. The molecule has 4 rings (SSSR count). The average molecular weight is 484 g/mol. The number of aromatic nitrogens is 2. The van der Waals surface area contributed by atoms with Crippen LogP contribution in [0.25, 0.3) is 17.4 Å². The van der Waals surface area contributed by atoms with Gasteiger partial charge in [-0.05, 0) is 43.5 Å². The molecule has 7 nitrogen and oxygen atoms in total. The van der Waals surface area contributed by atoms with Crippen molar-refractivity contribution in [2.45, 2.75) is 19.3 Å². The fourth-order valence-electron chi connectivity index (χ4n) is 3.13. The van der Waals surface area contributed by atoms with Gasteiger partial charge in [0.25, 0.3) is 5.91 Å². The zero-order chi connectivity index (χ0) is 20.9. The second-order valence-corrected chi connectivity index (χ2v) is 8.64. The third-order valence-electron chi connectivity index (χ3n) is 4.67. The zero-order valence-corrected chi connectivity index (χ0v) is 18.4. The van der Waals surface area contributed by atoms with Gasteiger partial charge in [0.05, 0.1) is 0 Å². The molecule has 1 aliphatic heterocycles. The number of piperidine rings is 1. The summed E-state index contributed by atoms with van der Waals surface area (Å²) < 4.78 is 6.74. The van der Waals surface area contributed by atoms with Crippen LogP contribution in [0.15, 0.2) is 50.9 Å². The summed E-state index contributed by atoms with van der Waals surface area (Å²) in [6.45, 7) is 1.90. The smallest absolute Gasteiger partial charge is 0.268 e. The number of anilines is 2. The van der Waals surface area contributed by atoms with Crippen molar-refractivity contribution in [3.63, 3.8) is 0 Å². The van der Waals surface area contributed by atoms with Crippen LogP contribution < -0.4 is 10.2 Å². The standard InChI is InChI=1S/C21H18BrN5O2S/c22-16-6-4-14(5-7-16)18-9-8-17(29-18)12-15(13-23)19(28)24-20-25-26-21(30-20)27-10-2-1-3-11-27/h4-9,12H,1-3,10-11H2,(H,24,25,28)/b15-12-. The van der Waals surface area contributed by atoms with E-state index in [0.717, 1.165) is 41.1 Å². The van der Waals surface area contributed by atoms with Gasteiger partial charge in [-0.25, -0.2) is 0 Å². The fourth-order valence-corrected chi connectivity index (χ4v) is 4.19. The van der Waals surface area contributed by atoms with Crippen LogP contribution in [-0.4, -0.2) is 29.2 Å². The molecular weight excluding hydrogens is 466 g/mol. The van der Waals surface area contributed by atoms with Gasteiger partial charge < -0.3 is 9.32 Å². The molecule has 1 saturated heterocycles. The minimum Gasteiger partial charge on any atom is -0.457 e. The van der Waals surface area contributed by atoms with Crippen molar-refractivity contribution in [3.05, 3.63) is 52.2 Å². The Morgan fingerprint density at radius 2 is 1.93 bits per heavy atom. The van der Waals surface area contributed by atoms with Crippen LogP contribution >= 0.6 is 27.3 Å². The van der Waals surface area contributed by atoms with E-state index in [1.54, 1.807) is 12.1 Å². The van der Waals surface area contributed by atoms with E-state index >= 15 is 0 Å². The van der Waals surface area contributed by atoms with E-state index in [1.807, 2.05) is 30.3 Å². The first-order valence-corrected chi connectivity index (χ1v) is 11.1. The number of benzene rings is 1. The van der Waals surface area contributed by atoms with Crippen LogP contribution in [0.1, 0.15) is 25.0 Å². The summed E-state index contributed by atoms with van der Waals surface area (Å²) in [6.07, 6.45) is 4.91. The van der Waals surface area contributed by atoms with Crippen LogP contribution in [0, 0.1) is 11.3 Å². The molecule has 2 aromatic heterocycles. The number of nitrogens with zero attached hydrogens (tertiary/aromatic N) is 4. The fraction of sp³-hybridized carbons (Fsp3) is 0.238. The maximum absolute atomic E-state index is 12.5. The maximum Gasteiger partial charge on any atom is 0.268 e. The molecule has 1 aromatic carbocycles. The van der Waals surface area contributed by atoms with E-state index in [0.29, 0.717) is 16.7 Å². The van der Waals surface area contributed by atoms with Crippen LogP contribution in [-0.2, 0) is 4.79 Å². The Kier molecular flexibility index (Phi) is 6.26. The number of nitriles is 1. The molecule has 0 unspecified atom stereocenters. The number of nitrogens with one attached hydrogen (secondary N) is 1. The average Bonchev–Trinajstić information content (AvgIpc) is 3.43. The molecule has 1 aliphatic rings. The Hall–Kier alpha value is -2.96. The summed E-state index contributed by atoms with van der Waals surface area (Å²) in [6, 6.07) is 13.1. The Balaban J connectivity index is 1.45. The van der Waals surface area contributed by atoms with E-state index in [1.165, 1.54) is 23.8 Å². The molecule has 0 saturated carbocycles. The molecule has 1 amide bonds. The molecule has 0 atom stereocenters. The topological polar surface area (TPSA) is 95.0 Å². The minimum atomic E-state index is -0.541. The first-order chi connectivity index (χ1) is 14.6. The number of furan rings is 1. The van der Waals surface area contributed by atoms with Crippen molar-refractivity contribution in [3.8, 4) is 17.4 Å². The molecule has 3 aromatic rings. The highest BCUT2D eigenvalue weighted by Gasteiger charge is 2.18. The molecule has 0 bridgehead atoms. The van der Waals surface area contributed by atoms with Gasteiger partial charge in [-0.1, -0.05) is 39.4 Å². The predicted molar refractivity (Wildman–Crippen MR) is 120 cm³/mol. The van der Waals surface area contributed by atoms with Gasteiger partial charge in [-0.2, -0.15) is 5.26 Å². The number of hydrogen-bond donors (Lipinski definition) is 1. The summed E-state index contributed by atoms with van der Waals surface area (Å²) >= 11 is 4.71. The molecule has 0 radical (unpaired) electrons. The third-order valence-corrected chi connectivity index (χ3v) is 6.10. The normalized spacial score (nSPS) is 14.4. The highest BCUT2D eigenvalue weighted by molar-refractivity contribution is 9.10. The van der Waals surface area contributed by atoms with E-state index in [9.17, 15) is 10.1 Å². The Morgan fingerprint density at radius 1 is 1.17 bits per heavy atom. The first kappa shape index (κ1) is 20.3. The van der Waals surface area contributed by atoms with E-state index in [4.69, 9.17) is 4.42 Å². The van der Waals surface area contributed by atoms with Crippen molar-refractivity contribution < 1.29 is 9.21 Å². The third kappa shape index (κ3) is 4.78. The molecule has 1 fully saturated rings. The van der Waals surface area contributed by atoms with Gasteiger partial charge in [0.1, 0.15) is 23.2 Å². The van der Waals surface area contributed by atoms with Crippen LogP contribution in [0.3, 0.4) is 0 Å².